The predicted molar refractivity (Wildman–Crippen MR) is 126 cm³/mol. The molecule has 0 saturated heterocycles. The van der Waals surface area contributed by atoms with Crippen molar-refractivity contribution in [3.05, 3.63) is 56.9 Å². The van der Waals surface area contributed by atoms with Gasteiger partial charge in [0.05, 0.1) is 22.3 Å². The third-order valence-corrected chi connectivity index (χ3v) is 6.13. The number of aliphatic carboxylic acids is 1. The van der Waals surface area contributed by atoms with Gasteiger partial charge in [0.2, 0.25) is 0 Å². The van der Waals surface area contributed by atoms with Crippen molar-refractivity contribution < 1.29 is 14.7 Å². The minimum atomic E-state index is -0.899. The number of para-hydroxylation sites is 1. The molecule has 8 nitrogen and oxygen atoms in total. The number of halogens is 2. The first kappa shape index (κ1) is 23.9. The molecule has 3 rings (SSSR count). The molecule has 0 aliphatic heterocycles. The Balaban J connectivity index is 1.74. The van der Waals surface area contributed by atoms with E-state index in [9.17, 15) is 14.7 Å². The Morgan fingerprint density at radius 2 is 1.97 bits per heavy atom. The highest BCUT2D eigenvalue weighted by atomic mass is 35.5. The van der Waals surface area contributed by atoms with E-state index in [-0.39, 0.29) is 5.91 Å². The number of thiazole rings is 1. The highest BCUT2D eigenvalue weighted by Crippen LogP contribution is 2.32. The van der Waals surface area contributed by atoms with Crippen LogP contribution in [0.15, 0.2) is 30.5 Å². The summed E-state index contributed by atoms with van der Waals surface area (Å²) in [5.74, 6) is -0.278. The second kappa shape index (κ2) is 9.81. The second-order valence-electron chi connectivity index (χ2n) is 7.69. The predicted octanol–water partition coefficient (Wildman–Crippen LogP) is 5.59. The number of benzene rings is 1. The summed E-state index contributed by atoms with van der Waals surface area (Å²) in [6, 6.07) is 6.82. The van der Waals surface area contributed by atoms with E-state index in [2.05, 4.69) is 25.6 Å². The quantitative estimate of drug-likeness (QED) is 0.350. The monoisotopic (exact) mass is 493 g/mol. The topological polar surface area (TPSA) is 117 Å². The maximum Gasteiger partial charge on any atom is 0.309 e. The maximum absolute atomic E-state index is 12.8. The van der Waals surface area contributed by atoms with Gasteiger partial charge in [-0.1, -0.05) is 46.7 Å². The minimum Gasteiger partial charge on any atom is -0.481 e. The van der Waals surface area contributed by atoms with Gasteiger partial charge >= 0.3 is 5.97 Å². The molecule has 1 amide bonds. The van der Waals surface area contributed by atoms with E-state index < -0.39 is 11.4 Å². The van der Waals surface area contributed by atoms with Crippen molar-refractivity contribution in [2.24, 2.45) is 5.41 Å². The van der Waals surface area contributed by atoms with Gasteiger partial charge in [0, 0.05) is 6.07 Å². The average Bonchev–Trinajstić information content (AvgIpc) is 3.16. The molecule has 2 heterocycles. The van der Waals surface area contributed by atoms with Crippen molar-refractivity contribution >= 4 is 63.1 Å². The number of carboxylic acid groups (broad SMARTS) is 1. The Morgan fingerprint density at radius 3 is 2.66 bits per heavy atom. The van der Waals surface area contributed by atoms with Gasteiger partial charge in [-0.15, -0.1) is 0 Å². The number of aryl methyl sites for hydroxylation is 2. The van der Waals surface area contributed by atoms with Gasteiger partial charge in [-0.2, -0.15) is 0 Å². The highest BCUT2D eigenvalue weighted by molar-refractivity contribution is 7.17. The molecule has 0 unspecified atom stereocenters. The van der Waals surface area contributed by atoms with Crippen LogP contribution in [0.2, 0.25) is 10.2 Å². The van der Waals surface area contributed by atoms with Crippen LogP contribution >= 0.6 is 34.5 Å². The second-order valence-corrected chi connectivity index (χ2v) is 9.52. The van der Waals surface area contributed by atoms with Gasteiger partial charge < -0.3 is 15.7 Å². The van der Waals surface area contributed by atoms with Crippen LogP contribution in [0, 0.1) is 12.3 Å². The lowest BCUT2D eigenvalue weighted by atomic mass is 9.86. The molecule has 1 aromatic carbocycles. The number of carbonyl (C=O) groups excluding carboxylic acids is 1. The fourth-order valence-corrected chi connectivity index (χ4v) is 3.97. The Bertz CT molecular complexity index is 1150. The number of rotatable bonds is 8. The number of nitrogens with one attached hydrogen (secondary N) is 2. The van der Waals surface area contributed by atoms with Crippen LogP contribution in [0.25, 0.3) is 0 Å². The molecule has 0 atom stereocenters. The first-order valence-electron chi connectivity index (χ1n) is 9.61. The van der Waals surface area contributed by atoms with Crippen LogP contribution in [0.1, 0.15) is 41.3 Å². The van der Waals surface area contributed by atoms with Gasteiger partial charge in [0.15, 0.2) is 5.13 Å². The first-order valence-corrected chi connectivity index (χ1v) is 11.2. The number of amides is 1. The van der Waals surface area contributed by atoms with Crippen molar-refractivity contribution in [1.82, 2.24) is 15.0 Å². The van der Waals surface area contributed by atoms with Gasteiger partial charge in [-0.3, -0.25) is 9.59 Å². The van der Waals surface area contributed by atoms with E-state index in [0.29, 0.717) is 50.4 Å². The SMILES string of the molecule is Cc1nc(Cl)cc(Nc2ncc(C(=O)Nc3c(Cl)cccc3CCC(C)(C)C(=O)O)s2)n1. The Morgan fingerprint density at radius 1 is 1.22 bits per heavy atom. The number of anilines is 3. The van der Waals surface area contributed by atoms with Crippen LogP contribution in [0.5, 0.6) is 0 Å². The Kier molecular flexibility index (Phi) is 7.33. The standard InChI is InChI=1S/C21H21Cl2N5O3S/c1-11-25-15(23)9-16(26-11)27-20-24-10-14(32-20)18(29)28-17-12(5-4-6-13(17)22)7-8-21(2,3)19(30)31/h4-6,9-10H,7-8H2,1-3H3,(H,28,29)(H,30,31)(H,24,25,26,27). The van der Waals surface area contributed by atoms with Gasteiger partial charge in [0.1, 0.15) is 21.7 Å². The molecule has 0 spiro atoms. The summed E-state index contributed by atoms with van der Waals surface area (Å²) in [4.78, 5) is 37.0. The van der Waals surface area contributed by atoms with Crippen molar-refractivity contribution in [3.8, 4) is 0 Å². The lowest BCUT2D eigenvalue weighted by Crippen LogP contribution is -2.24. The van der Waals surface area contributed by atoms with Crippen LogP contribution < -0.4 is 10.6 Å². The fraction of sp³-hybridized carbons (Fsp3) is 0.286. The Hall–Kier alpha value is -2.75. The maximum atomic E-state index is 12.8. The van der Waals surface area contributed by atoms with Gasteiger partial charge in [-0.05, 0) is 45.2 Å². The molecule has 3 aromatic rings. The van der Waals surface area contributed by atoms with Gasteiger partial charge in [-0.25, -0.2) is 15.0 Å². The molecule has 11 heteroatoms. The Labute approximate surface area is 199 Å². The number of hydrogen-bond donors (Lipinski definition) is 3. The summed E-state index contributed by atoms with van der Waals surface area (Å²) in [5.41, 5.74) is 0.319. The summed E-state index contributed by atoms with van der Waals surface area (Å²) in [5, 5.41) is 16.3. The molecule has 3 N–H and O–H groups in total. The molecule has 0 fully saturated rings. The largest absolute Gasteiger partial charge is 0.481 e. The summed E-state index contributed by atoms with van der Waals surface area (Å²) in [7, 11) is 0. The molecular weight excluding hydrogens is 473 g/mol. The third kappa shape index (κ3) is 5.93. The molecule has 0 aliphatic carbocycles. The molecule has 168 valence electrons. The van der Waals surface area contributed by atoms with Gasteiger partial charge in [0.25, 0.3) is 5.91 Å². The van der Waals surface area contributed by atoms with Crippen molar-refractivity contribution in [2.75, 3.05) is 10.6 Å². The number of nitrogens with zero attached hydrogens (tertiary/aromatic N) is 3. The number of carbonyl (C=O) groups is 2. The molecule has 0 bridgehead atoms. The normalized spacial score (nSPS) is 11.3. The number of aromatic nitrogens is 3. The zero-order valence-corrected chi connectivity index (χ0v) is 19.9. The van der Waals surface area contributed by atoms with E-state index >= 15 is 0 Å². The van der Waals surface area contributed by atoms with E-state index in [1.807, 2.05) is 6.07 Å². The van der Waals surface area contributed by atoms with E-state index in [1.165, 1.54) is 6.20 Å². The van der Waals surface area contributed by atoms with E-state index in [0.717, 1.165) is 16.9 Å². The molecule has 0 aliphatic rings. The van der Waals surface area contributed by atoms with Crippen LogP contribution in [0.4, 0.5) is 16.6 Å². The lowest BCUT2D eigenvalue weighted by molar-refractivity contribution is -0.147. The van der Waals surface area contributed by atoms with Crippen LogP contribution in [-0.2, 0) is 11.2 Å². The highest BCUT2D eigenvalue weighted by Gasteiger charge is 2.27. The number of carboxylic acids is 1. The summed E-state index contributed by atoms with van der Waals surface area (Å²) >= 11 is 13.4. The zero-order chi connectivity index (χ0) is 23.5. The molecular formula is C21H21Cl2N5O3S. The fourth-order valence-electron chi connectivity index (χ4n) is 2.79. The molecule has 0 radical (unpaired) electrons. The minimum absolute atomic E-state index is 0.298. The third-order valence-electron chi connectivity index (χ3n) is 4.71. The van der Waals surface area contributed by atoms with Crippen LogP contribution in [-0.4, -0.2) is 31.9 Å². The molecule has 0 saturated carbocycles. The smallest absolute Gasteiger partial charge is 0.309 e. The van der Waals surface area contributed by atoms with E-state index in [1.54, 1.807) is 39.0 Å². The van der Waals surface area contributed by atoms with Crippen molar-refractivity contribution in [1.29, 1.82) is 0 Å². The summed E-state index contributed by atoms with van der Waals surface area (Å²) in [6.07, 6.45) is 2.28. The van der Waals surface area contributed by atoms with Crippen LogP contribution in [0.3, 0.4) is 0 Å². The lowest BCUT2D eigenvalue weighted by Gasteiger charge is -2.20. The zero-order valence-electron chi connectivity index (χ0n) is 17.6. The first-order chi connectivity index (χ1) is 15.0. The van der Waals surface area contributed by atoms with E-state index in [4.69, 9.17) is 23.2 Å². The number of hydrogen-bond acceptors (Lipinski definition) is 7. The summed E-state index contributed by atoms with van der Waals surface area (Å²) < 4.78 is 0. The molecule has 32 heavy (non-hydrogen) atoms. The summed E-state index contributed by atoms with van der Waals surface area (Å²) in [6.45, 7) is 5.04. The van der Waals surface area contributed by atoms with Crippen molar-refractivity contribution in [2.45, 2.75) is 33.6 Å². The average molecular weight is 494 g/mol. The molecule has 2 aromatic heterocycles. The van der Waals surface area contributed by atoms with Crippen molar-refractivity contribution in [3.63, 3.8) is 0 Å².